The van der Waals surface area contributed by atoms with E-state index in [1.165, 1.54) is 49.0 Å². The fourth-order valence-corrected chi connectivity index (χ4v) is 5.47. The molecule has 1 atom stereocenters. The first-order chi connectivity index (χ1) is 17.3. The van der Waals surface area contributed by atoms with Gasteiger partial charge in [0.1, 0.15) is 5.75 Å². The van der Waals surface area contributed by atoms with Crippen LogP contribution in [0.3, 0.4) is 0 Å². The molecule has 3 aromatic carbocycles. The predicted molar refractivity (Wildman–Crippen MR) is 141 cm³/mol. The van der Waals surface area contributed by atoms with Gasteiger partial charge in [0.15, 0.2) is 0 Å². The molecule has 1 unspecified atom stereocenters. The standard InChI is InChI=1S/C31H36N2O2/c34-31(27-14-16-28(17-15-27)35-23-9-21-32-19-7-2-8-20-32)33-22-18-26-12-5-6-13-29(26)30(33)24-25-10-3-1-4-11-25/h1,3-6,10-17,30H,2,7-9,18-24H2. The summed E-state index contributed by atoms with van der Waals surface area (Å²) in [4.78, 5) is 18.2. The predicted octanol–water partition coefficient (Wildman–Crippen LogP) is 5.92. The summed E-state index contributed by atoms with van der Waals surface area (Å²) in [5, 5.41) is 0. The first-order valence-electron chi connectivity index (χ1n) is 13.2. The van der Waals surface area contributed by atoms with Crippen molar-refractivity contribution in [2.75, 3.05) is 32.8 Å². The Kier molecular flexibility index (Phi) is 7.79. The van der Waals surface area contributed by atoms with Crippen LogP contribution in [-0.4, -0.2) is 48.5 Å². The number of fused-ring (bicyclic) bond motifs is 1. The highest BCUT2D eigenvalue weighted by molar-refractivity contribution is 5.94. The zero-order valence-electron chi connectivity index (χ0n) is 20.6. The molecule has 0 bridgehead atoms. The molecule has 1 saturated heterocycles. The molecule has 182 valence electrons. The van der Waals surface area contributed by atoms with Crippen LogP contribution in [0.4, 0.5) is 0 Å². The molecule has 4 heteroatoms. The fourth-order valence-electron chi connectivity index (χ4n) is 5.47. The van der Waals surface area contributed by atoms with E-state index in [4.69, 9.17) is 4.74 Å². The van der Waals surface area contributed by atoms with Gasteiger partial charge in [-0.25, -0.2) is 0 Å². The number of rotatable bonds is 8. The average molecular weight is 469 g/mol. The molecule has 2 aliphatic rings. The summed E-state index contributed by atoms with van der Waals surface area (Å²) in [7, 11) is 0. The lowest BCUT2D eigenvalue weighted by Gasteiger charge is -2.37. The van der Waals surface area contributed by atoms with Gasteiger partial charge < -0.3 is 14.5 Å². The highest BCUT2D eigenvalue weighted by Crippen LogP contribution is 2.33. The minimum absolute atomic E-state index is 0.0422. The summed E-state index contributed by atoms with van der Waals surface area (Å²) in [6, 6.07) is 26.8. The molecule has 3 aromatic rings. The van der Waals surface area contributed by atoms with Crippen molar-refractivity contribution >= 4 is 5.91 Å². The Balaban J connectivity index is 1.23. The highest BCUT2D eigenvalue weighted by atomic mass is 16.5. The van der Waals surface area contributed by atoms with Gasteiger partial charge in [0.05, 0.1) is 12.6 Å². The van der Waals surface area contributed by atoms with Crippen LogP contribution in [0.5, 0.6) is 5.75 Å². The fraction of sp³-hybridized carbons (Fsp3) is 0.387. The number of carbonyl (C=O) groups is 1. The topological polar surface area (TPSA) is 32.8 Å². The van der Waals surface area contributed by atoms with Gasteiger partial charge in [-0.3, -0.25) is 4.79 Å². The molecule has 0 aromatic heterocycles. The number of piperidine rings is 1. The Morgan fingerprint density at radius 1 is 0.829 bits per heavy atom. The number of benzene rings is 3. The number of carbonyl (C=O) groups excluding carboxylic acids is 1. The molecule has 2 heterocycles. The largest absolute Gasteiger partial charge is 0.494 e. The van der Waals surface area contributed by atoms with Crippen LogP contribution < -0.4 is 4.74 Å². The number of nitrogens with zero attached hydrogens (tertiary/aromatic N) is 2. The minimum Gasteiger partial charge on any atom is -0.494 e. The van der Waals surface area contributed by atoms with Crippen LogP contribution in [0.25, 0.3) is 0 Å². The smallest absolute Gasteiger partial charge is 0.254 e. The van der Waals surface area contributed by atoms with E-state index in [1.807, 2.05) is 30.3 Å². The molecular weight excluding hydrogens is 432 g/mol. The van der Waals surface area contributed by atoms with Crippen molar-refractivity contribution in [2.45, 2.75) is 44.6 Å². The van der Waals surface area contributed by atoms with Crippen molar-refractivity contribution in [3.63, 3.8) is 0 Å². The van der Waals surface area contributed by atoms with Gasteiger partial charge in [0.2, 0.25) is 0 Å². The number of likely N-dealkylation sites (tertiary alicyclic amines) is 1. The van der Waals surface area contributed by atoms with E-state index < -0.39 is 0 Å². The molecule has 4 nitrogen and oxygen atoms in total. The van der Waals surface area contributed by atoms with Gasteiger partial charge >= 0.3 is 0 Å². The van der Waals surface area contributed by atoms with Crippen LogP contribution in [0, 0.1) is 0 Å². The third-order valence-electron chi connectivity index (χ3n) is 7.38. The van der Waals surface area contributed by atoms with E-state index in [0.29, 0.717) is 6.61 Å². The Morgan fingerprint density at radius 2 is 1.57 bits per heavy atom. The van der Waals surface area contributed by atoms with Gasteiger partial charge in [-0.05, 0) is 86.1 Å². The van der Waals surface area contributed by atoms with Gasteiger partial charge in [-0.15, -0.1) is 0 Å². The van der Waals surface area contributed by atoms with E-state index in [2.05, 4.69) is 58.3 Å². The Labute approximate surface area is 209 Å². The van der Waals surface area contributed by atoms with Crippen molar-refractivity contribution in [3.05, 3.63) is 101 Å². The van der Waals surface area contributed by atoms with Crippen LogP contribution >= 0.6 is 0 Å². The lowest BCUT2D eigenvalue weighted by Crippen LogP contribution is -2.41. The Bertz CT molecular complexity index is 1090. The molecule has 1 amide bonds. The van der Waals surface area contributed by atoms with E-state index in [1.54, 1.807) is 0 Å². The molecule has 0 saturated carbocycles. The Morgan fingerprint density at radius 3 is 2.37 bits per heavy atom. The molecule has 0 aliphatic carbocycles. The maximum Gasteiger partial charge on any atom is 0.254 e. The second-order valence-corrected chi connectivity index (χ2v) is 9.78. The maximum atomic E-state index is 13.6. The molecule has 2 aliphatic heterocycles. The summed E-state index contributed by atoms with van der Waals surface area (Å²) in [6.07, 6.45) is 6.77. The molecule has 35 heavy (non-hydrogen) atoms. The highest BCUT2D eigenvalue weighted by Gasteiger charge is 2.31. The normalized spacial score (nSPS) is 18.2. The Hall–Kier alpha value is -3.11. The van der Waals surface area contributed by atoms with E-state index in [9.17, 15) is 4.79 Å². The van der Waals surface area contributed by atoms with Crippen LogP contribution in [0.1, 0.15) is 58.8 Å². The van der Waals surface area contributed by atoms with Crippen LogP contribution in [0.2, 0.25) is 0 Å². The first kappa shape index (κ1) is 23.6. The van der Waals surface area contributed by atoms with Crippen molar-refractivity contribution < 1.29 is 9.53 Å². The second-order valence-electron chi connectivity index (χ2n) is 9.78. The van der Waals surface area contributed by atoms with E-state index in [0.717, 1.165) is 43.7 Å². The molecule has 0 N–H and O–H groups in total. The maximum absolute atomic E-state index is 13.6. The summed E-state index contributed by atoms with van der Waals surface area (Å²) in [5.41, 5.74) is 4.60. The molecule has 1 fully saturated rings. The van der Waals surface area contributed by atoms with Gasteiger partial charge in [0.25, 0.3) is 5.91 Å². The first-order valence-corrected chi connectivity index (χ1v) is 13.2. The van der Waals surface area contributed by atoms with Crippen molar-refractivity contribution in [3.8, 4) is 5.75 Å². The van der Waals surface area contributed by atoms with Crippen molar-refractivity contribution in [1.82, 2.24) is 9.80 Å². The zero-order chi connectivity index (χ0) is 23.9. The second kappa shape index (κ2) is 11.5. The summed E-state index contributed by atoms with van der Waals surface area (Å²) in [6.45, 7) is 5.01. The quantitative estimate of drug-likeness (QED) is 0.385. The average Bonchev–Trinajstić information content (AvgIpc) is 2.92. The summed E-state index contributed by atoms with van der Waals surface area (Å²) in [5.74, 6) is 0.933. The van der Waals surface area contributed by atoms with Gasteiger partial charge in [-0.1, -0.05) is 61.0 Å². The van der Waals surface area contributed by atoms with Crippen LogP contribution in [0.15, 0.2) is 78.9 Å². The number of amides is 1. The molecule has 0 spiro atoms. The van der Waals surface area contributed by atoms with Crippen molar-refractivity contribution in [1.29, 1.82) is 0 Å². The van der Waals surface area contributed by atoms with Crippen LogP contribution in [-0.2, 0) is 12.8 Å². The molecule has 0 radical (unpaired) electrons. The van der Waals surface area contributed by atoms with Gasteiger partial charge in [0, 0.05) is 18.7 Å². The monoisotopic (exact) mass is 468 g/mol. The zero-order valence-corrected chi connectivity index (χ0v) is 20.6. The lowest BCUT2D eigenvalue weighted by molar-refractivity contribution is 0.0660. The number of hydrogen-bond donors (Lipinski definition) is 0. The SMILES string of the molecule is O=C(c1ccc(OCCCN2CCCCC2)cc1)N1CCc2ccccc2C1Cc1ccccc1. The molecular formula is C31H36N2O2. The molecule has 5 rings (SSSR count). The minimum atomic E-state index is 0.0422. The van der Waals surface area contributed by atoms with Crippen molar-refractivity contribution in [2.24, 2.45) is 0 Å². The third-order valence-corrected chi connectivity index (χ3v) is 7.38. The number of ether oxygens (including phenoxy) is 1. The third kappa shape index (κ3) is 5.94. The van der Waals surface area contributed by atoms with Gasteiger partial charge in [-0.2, -0.15) is 0 Å². The van der Waals surface area contributed by atoms with E-state index >= 15 is 0 Å². The summed E-state index contributed by atoms with van der Waals surface area (Å²) >= 11 is 0. The summed E-state index contributed by atoms with van der Waals surface area (Å²) < 4.78 is 5.97. The van der Waals surface area contributed by atoms with E-state index in [-0.39, 0.29) is 11.9 Å². The lowest BCUT2D eigenvalue weighted by atomic mass is 9.88. The number of hydrogen-bond acceptors (Lipinski definition) is 3.